The van der Waals surface area contributed by atoms with Crippen LogP contribution in [0.25, 0.3) is 0 Å². The number of hydrogen-bond donors (Lipinski definition) is 2. The molecule has 0 heterocycles. The molecule has 7 nitrogen and oxygen atoms in total. The second kappa shape index (κ2) is 4.18. The molecular formula is C8H6N2O5. The molecule has 0 fully saturated rings. The van der Waals surface area contributed by atoms with Crippen LogP contribution in [-0.2, 0) is 4.79 Å². The van der Waals surface area contributed by atoms with E-state index in [4.69, 9.17) is 10.3 Å². The Balaban J connectivity index is 3.21. The molecule has 0 aromatic heterocycles. The number of carbonyl (C=O) groups is 1. The quantitative estimate of drug-likeness (QED) is 0.332. The standard InChI is InChI=1S/C8H6N2O5/c11-8(12)7(9-13)5-2-1-3-6(4-5)10(14)15/h1-4,13H,(H,11,12)/b9-7-. The van der Waals surface area contributed by atoms with Gasteiger partial charge < -0.3 is 10.3 Å². The fourth-order valence-corrected chi connectivity index (χ4v) is 0.991. The maximum Gasteiger partial charge on any atom is 0.358 e. The SMILES string of the molecule is O=C(O)/C(=N\O)c1cccc([N+](=O)[O-])c1. The van der Waals surface area contributed by atoms with Crippen molar-refractivity contribution in [3.63, 3.8) is 0 Å². The van der Waals surface area contributed by atoms with Crippen LogP contribution in [0.5, 0.6) is 0 Å². The van der Waals surface area contributed by atoms with Crippen molar-refractivity contribution in [3.8, 4) is 0 Å². The minimum absolute atomic E-state index is 0.0285. The summed E-state index contributed by atoms with van der Waals surface area (Å²) < 4.78 is 0. The van der Waals surface area contributed by atoms with Crippen LogP contribution in [0.2, 0.25) is 0 Å². The smallest absolute Gasteiger partial charge is 0.358 e. The molecule has 1 rings (SSSR count). The Hall–Kier alpha value is -2.44. The van der Waals surface area contributed by atoms with Gasteiger partial charge in [0.05, 0.1) is 4.92 Å². The summed E-state index contributed by atoms with van der Waals surface area (Å²) in [6.45, 7) is 0. The van der Waals surface area contributed by atoms with Crippen LogP contribution in [0.15, 0.2) is 29.4 Å². The summed E-state index contributed by atoms with van der Waals surface area (Å²) in [4.78, 5) is 20.3. The Morgan fingerprint density at radius 1 is 1.47 bits per heavy atom. The highest BCUT2D eigenvalue weighted by Gasteiger charge is 2.16. The second-order valence-electron chi connectivity index (χ2n) is 2.56. The van der Waals surface area contributed by atoms with Gasteiger partial charge in [-0.05, 0) is 0 Å². The largest absolute Gasteiger partial charge is 0.476 e. The van der Waals surface area contributed by atoms with Gasteiger partial charge in [-0.1, -0.05) is 17.3 Å². The first-order valence-electron chi connectivity index (χ1n) is 3.76. The van der Waals surface area contributed by atoms with Gasteiger partial charge in [-0.2, -0.15) is 0 Å². The first kappa shape index (κ1) is 10.6. The maximum atomic E-state index is 10.6. The Morgan fingerprint density at radius 2 is 2.13 bits per heavy atom. The number of oxime groups is 1. The van der Waals surface area contributed by atoms with E-state index in [1.54, 1.807) is 0 Å². The molecule has 0 aliphatic rings. The molecular weight excluding hydrogens is 204 g/mol. The third-order valence-electron chi connectivity index (χ3n) is 1.63. The molecule has 0 spiro atoms. The van der Waals surface area contributed by atoms with Crippen LogP contribution < -0.4 is 0 Å². The van der Waals surface area contributed by atoms with Crippen LogP contribution in [0.4, 0.5) is 5.69 Å². The van der Waals surface area contributed by atoms with Gasteiger partial charge in [-0.15, -0.1) is 0 Å². The minimum atomic E-state index is -1.46. The Kier molecular flexibility index (Phi) is 2.97. The lowest BCUT2D eigenvalue weighted by atomic mass is 10.1. The number of aliphatic carboxylic acids is 1. The normalized spacial score (nSPS) is 11.1. The third kappa shape index (κ3) is 2.27. The molecule has 0 radical (unpaired) electrons. The van der Waals surface area contributed by atoms with Gasteiger partial charge in [-0.25, -0.2) is 4.79 Å². The number of rotatable bonds is 3. The summed E-state index contributed by atoms with van der Waals surface area (Å²) in [6, 6.07) is 4.83. The molecule has 0 amide bonds. The number of benzene rings is 1. The van der Waals surface area contributed by atoms with Gasteiger partial charge in [-0.3, -0.25) is 10.1 Å². The molecule has 7 heteroatoms. The number of nitro groups is 1. The van der Waals surface area contributed by atoms with E-state index in [9.17, 15) is 14.9 Å². The molecule has 0 aliphatic heterocycles. The highest BCUT2D eigenvalue weighted by Crippen LogP contribution is 2.13. The molecule has 0 unspecified atom stereocenters. The summed E-state index contributed by atoms with van der Waals surface area (Å²) >= 11 is 0. The Labute approximate surface area is 83.4 Å². The molecule has 0 saturated carbocycles. The van der Waals surface area contributed by atoms with E-state index >= 15 is 0 Å². The van der Waals surface area contributed by atoms with Crippen LogP contribution in [-0.4, -0.2) is 26.9 Å². The highest BCUT2D eigenvalue weighted by atomic mass is 16.6. The number of non-ortho nitro benzene ring substituents is 1. The summed E-state index contributed by atoms with van der Waals surface area (Å²) in [5.74, 6) is -1.46. The van der Waals surface area contributed by atoms with Crippen LogP contribution in [0, 0.1) is 10.1 Å². The first-order valence-corrected chi connectivity index (χ1v) is 3.76. The summed E-state index contributed by atoms with van der Waals surface area (Å²) in [6.07, 6.45) is 0. The van der Waals surface area contributed by atoms with Crippen molar-refractivity contribution in [1.29, 1.82) is 0 Å². The predicted molar refractivity (Wildman–Crippen MR) is 49.1 cm³/mol. The van der Waals surface area contributed by atoms with Gasteiger partial charge in [0.2, 0.25) is 0 Å². The van der Waals surface area contributed by atoms with Crippen molar-refractivity contribution in [1.82, 2.24) is 0 Å². The first-order chi connectivity index (χ1) is 7.06. The van der Waals surface area contributed by atoms with Crippen molar-refractivity contribution in [3.05, 3.63) is 39.9 Å². The van der Waals surface area contributed by atoms with Crippen LogP contribution >= 0.6 is 0 Å². The van der Waals surface area contributed by atoms with E-state index in [0.29, 0.717) is 0 Å². The molecule has 0 atom stereocenters. The van der Waals surface area contributed by atoms with E-state index in [0.717, 1.165) is 6.07 Å². The monoisotopic (exact) mass is 210 g/mol. The van der Waals surface area contributed by atoms with E-state index in [1.165, 1.54) is 18.2 Å². The molecule has 1 aromatic rings. The van der Waals surface area contributed by atoms with E-state index < -0.39 is 16.6 Å². The fourth-order valence-electron chi connectivity index (χ4n) is 0.991. The zero-order valence-electron chi connectivity index (χ0n) is 7.32. The lowest BCUT2D eigenvalue weighted by Gasteiger charge is -1.98. The number of nitrogens with zero attached hydrogens (tertiary/aromatic N) is 2. The van der Waals surface area contributed by atoms with Gasteiger partial charge >= 0.3 is 5.97 Å². The topological polar surface area (TPSA) is 113 Å². The van der Waals surface area contributed by atoms with E-state index in [-0.39, 0.29) is 11.3 Å². The Bertz CT molecular complexity index is 440. The molecule has 0 bridgehead atoms. The lowest BCUT2D eigenvalue weighted by molar-refractivity contribution is -0.384. The van der Waals surface area contributed by atoms with Crippen LogP contribution in [0.1, 0.15) is 5.56 Å². The van der Waals surface area contributed by atoms with Gasteiger partial charge in [0.1, 0.15) is 0 Å². The number of carboxylic acids is 1. The van der Waals surface area contributed by atoms with E-state index in [2.05, 4.69) is 5.16 Å². The van der Waals surface area contributed by atoms with E-state index in [1.807, 2.05) is 0 Å². The third-order valence-corrected chi connectivity index (χ3v) is 1.63. The number of carboxylic acid groups (broad SMARTS) is 1. The van der Waals surface area contributed by atoms with Gasteiger partial charge in [0, 0.05) is 17.7 Å². The lowest BCUT2D eigenvalue weighted by Crippen LogP contribution is -2.14. The van der Waals surface area contributed by atoms with Gasteiger partial charge in [0.15, 0.2) is 5.71 Å². The van der Waals surface area contributed by atoms with Crippen molar-refractivity contribution >= 4 is 17.4 Å². The van der Waals surface area contributed by atoms with Crippen molar-refractivity contribution < 1.29 is 20.0 Å². The average molecular weight is 210 g/mol. The predicted octanol–water partition coefficient (Wildman–Crippen LogP) is 0.858. The number of hydrogen-bond acceptors (Lipinski definition) is 5. The molecule has 0 aliphatic carbocycles. The second-order valence-corrected chi connectivity index (χ2v) is 2.56. The zero-order valence-corrected chi connectivity index (χ0v) is 7.32. The number of nitro benzene ring substituents is 1. The molecule has 0 saturated heterocycles. The fraction of sp³-hybridized carbons (Fsp3) is 0. The van der Waals surface area contributed by atoms with Crippen LogP contribution in [0.3, 0.4) is 0 Å². The zero-order chi connectivity index (χ0) is 11.4. The van der Waals surface area contributed by atoms with Crippen molar-refractivity contribution in [2.45, 2.75) is 0 Å². The summed E-state index contributed by atoms with van der Waals surface area (Å²) in [7, 11) is 0. The summed E-state index contributed by atoms with van der Waals surface area (Å²) in [5, 5.41) is 30.0. The summed E-state index contributed by atoms with van der Waals surface area (Å²) in [5.41, 5.74) is -0.937. The minimum Gasteiger partial charge on any atom is -0.476 e. The van der Waals surface area contributed by atoms with Gasteiger partial charge in [0.25, 0.3) is 5.69 Å². The highest BCUT2D eigenvalue weighted by molar-refractivity contribution is 6.42. The maximum absolute atomic E-state index is 10.6. The van der Waals surface area contributed by atoms with Crippen molar-refractivity contribution in [2.24, 2.45) is 5.16 Å². The molecule has 2 N–H and O–H groups in total. The molecule has 78 valence electrons. The average Bonchev–Trinajstić information content (AvgIpc) is 2.18. The molecule has 1 aromatic carbocycles. The molecule has 15 heavy (non-hydrogen) atoms. The Morgan fingerprint density at radius 3 is 2.60 bits per heavy atom. The van der Waals surface area contributed by atoms with Crippen molar-refractivity contribution in [2.75, 3.05) is 0 Å².